The third-order valence-electron chi connectivity index (χ3n) is 5.10. The molecule has 1 nitrogen and oxygen atoms in total. The number of halogens is 3. The molecule has 0 aliphatic carbocycles. The van der Waals surface area contributed by atoms with Gasteiger partial charge in [-0.25, -0.2) is 0 Å². The molecule has 0 spiro atoms. The van der Waals surface area contributed by atoms with Crippen LogP contribution in [0.1, 0.15) is 52.2 Å². The van der Waals surface area contributed by atoms with Gasteiger partial charge in [0.05, 0.1) is 5.56 Å². The minimum absolute atomic E-state index is 0.0818. The van der Waals surface area contributed by atoms with Gasteiger partial charge in [-0.2, -0.15) is 13.2 Å². The van der Waals surface area contributed by atoms with E-state index >= 15 is 0 Å². The van der Waals surface area contributed by atoms with E-state index in [-0.39, 0.29) is 11.7 Å². The Balaban J connectivity index is 1.64. The van der Waals surface area contributed by atoms with Gasteiger partial charge in [-0.05, 0) is 48.4 Å². The SMILES string of the molecule is O=C(CC(CCCc1ccc(C(F)(F)F)cc1)c1ccccc1)c1ccccc1. The molecule has 0 N–H and O–H groups in total. The van der Waals surface area contributed by atoms with Crippen molar-refractivity contribution in [3.05, 3.63) is 107 Å². The maximum absolute atomic E-state index is 12.7. The molecule has 3 aromatic rings. The molecule has 0 bridgehead atoms. The lowest BCUT2D eigenvalue weighted by molar-refractivity contribution is -0.137. The average Bonchev–Trinajstić information content (AvgIpc) is 2.74. The summed E-state index contributed by atoms with van der Waals surface area (Å²) >= 11 is 0. The Morgan fingerprint density at radius 1 is 0.793 bits per heavy atom. The molecule has 150 valence electrons. The third kappa shape index (κ3) is 6.05. The lowest BCUT2D eigenvalue weighted by Crippen LogP contribution is -2.08. The van der Waals surface area contributed by atoms with Gasteiger partial charge in [-0.3, -0.25) is 4.79 Å². The van der Waals surface area contributed by atoms with Crippen molar-refractivity contribution in [1.82, 2.24) is 0 Å². The predicted molar refractivity (Wildman–Crippen MR) is 109 cm³/mol. The van der Waals surface area contributed by atoms with E-state index in [4.69, 9.17) is 0 Å². The van der Waals surface area contributed by atoms with Gasteiger partial charge in [-0.15, -0.1) is 0 Å². The molecule has 4 heteroatoms. The third-order valence-corrected chi connectivity index (χ3v) is 5.10. The molecule has 3 rings (SSSR count). The fourth-order valence-corrected chi connectivity index (χ4v) is 3.49. The summed E-state index contributed by atoms with van der Waals surface area (Å²) in [7, 11) is 0. The highest BCUT2D eigenvalue weighted by molar-refractivity contribution is 5.96. The van der Waals surface area contributed by atoms with Crippen LogP contribution in [0.4, 0.5) is 13.2 Å². The molecule has 0 aliphatic heterocycles. The van der Waals surface area contributed by atoms with Crippen LogP contribution < -0.4 is 0 Å². The van der Waals surface area contributed by atoms with Gasteiger partial charge in [0.1, 0.15) is 0 Å². The fraction of sp³-hybridized carbons (Fsp3) is 0.240. The number of carbonyl (C=O) groups excluding carboxylic acids is 1. The van der Waals surface area contributed by atoms with Crippen molar-refractivity contribution >= 4 is 5.78 Å². The zero-order valence-electron chi connectivity index (χ0n) is 16.0. The molecule has 1 atom stereocenters. The molecule has 0 amide bonds. The highest BCUT2D eigenvalue weighted by atomic mass is 19.4. The molecule has 0 radical (unpaired) electrons. The van der Waals surface area contributed by atoms with Crippen molar-refractivity contribution in [3.8, 4) is 0 Å². The Bertz CT molecular complexity index is 900. The van der Waals surface area contributed by atoms with Gasteiger partial charge in [0.15, 0.2) is 5.78 Å². The first-order valence-electron chi connectivity index (χ1n) is 9.73. The predicted octanol–water partition coefficient (Wildman–Crippen LogP) is 7.08. The molecule has 0 aromatic heterocycles. The smallest absolute Gasteiger partial charge is 0.294 e. The quantitative estimate of drug-likeness (QED) is 0.372. The van der Waals surface area contributed by atoms with Crippen LogP contribution in [0.15, 0.2) is 84.9 Å². The summed E-state index contributed by atoms with van der Waals surface area (Å²) in [6.07, 6.45) is -1.62. The number of rotatable bonds is 8. The second-order valence-corrected chi connectivity index (χ2v) is 7.19. The lowest BCUT2D eigenvalue weighted by atomic mass is 9.87. The number of Topliss-reactive ketones (excluding diaryl/α,β-unsaturated/α-hetero) is 1. The largest absolute Gasteiger partial charge is 0.416 e. The molecular weight excluding hydrogens is 373 g/mol. The van der Waals surface area contributed by atoms with Crippen LogP contribution in [-0.4, -0.2) is 5.78 Å². The summed E-state index contributed by atoms with van der Waals surface area (Å²) < 4.78 is 38.1. The average molecular weight is 396 g/mol. The normalized spacial score (nSPS) is 12.5. The second-order valence-electron chi connectivity index (χ2n) is 7.19. The van der Waals surface area contributed by atoms with Crippen molar-refractivity contribution in [2.75, 3.05) is 0 Å². The summed E-state index contributed by atoms with van der Waals surface area (Å²) in [6.45, 7) is 0. The summed E-state index contributed by atoms with van der Waals surface area (Å²) in [5, 5.41) is 0. The van der Waals surface area contributed by atoms with E-state index in [9.17, 15) is 18.0 Å². The van der Waals surface area contributed by atoms with Crippen LogP contribution in [0, 0.1) is 0 Å². The number of aryl methyl sites for hydroxylation is 1. The van der Waals surface area contributed by atoms with Gasteiger partial charge in [0.25, 0.3) is 0 Å². The second kappa shape index (κ2) is 9.55. The number of benzene rings is 3. The van der Waals surface area contributed by atoms with Crippen LogP contribution in [-0.2, 0) is 12.6 Å². The summed E-state index contributed by atoms with van der Waals surface area (Å²) in [5.74, 6) is 0.187. The van der Waals surface area contributed by atoms with Crippen LogP contribution in [0.3, 0.4) is 0 Å². The van der Waals surface area contributed by atoms with E-state index in [2.05, 4.69) is 0 Å². The summed E-state index contributed by atoms with van der Waals surface area (Å²) in [6, 6.07) is 24.5. The Labute approximate surface area is 169 Å². The molecule has 0 aliphatic rings. The van der Waals surface area contributed by atoms with E-state index in [0.717, 1.165) is 36.1 Å². The first kappa shape index (κ1) is 20.8. The van der Waals surface area contributed by atoms with Crippen LogP contribution >= 0.6 is 0 Å². The molecule has 0 fully saturated rings. The van der Waals surface area contributed by atoms with Gasteiger partial charge < -0.3 is 0 Å². The number of alkyl halides is 3. The number of carbonyl (C=O) groups is 1. The zero-order valence-corrected chi connectivity index (χ0v) is 16.0. The zero-order chi connectivity index (χ0) is 20.7. The Morgan fingerprint density at radius 3 is 1.97 bits per heavy atom. The molecule has 0 saturated carbocycles. The van der Waals surface area contributed by atoms with E-state index in [1.54, 1.807) is 0 Å². The maximum atomic E-state index is 12.7. The van der Waals surface area contributed by atoms with Crippen molar-refractivity contribution in [3.63, 3.8) is 0 Å². The van der Waals surface area contributed by atoms with Crippen molar-refractivity contribution in [2.45, 2.75) is 37.8 Å². The Hall–Kier alpha value is -2.88. The van der Waals surface area contributed by atoms with E-state index in [0.29, 0.717) is 18.4 Å². The fourth-order valence-electron chi connectivity index (χ4n) is 3.49. The molecule has 29 heavy (non-hydrogen) atoms. The van der Waals surface area contributed by atoms with Crippen LogP contribution in [0.2, 0.25) is 0 Å². The van der Waals surface area contributed by atoms with Gasteiger partial charge in [0, 0.05) is 12.0 Å². The number of ketones is 1. The highest BCUT2D eigenvalue weighted by Crippen LogP contribution is 2.30. The van der Waals surface area contributed by atoms with E-state index < -0.39 is 11.7 Å². The van der Waals surface area contributed by atoms with Gasteiger partial charge in [-0.1, -0.05) is 72.8 Å². The molecule has 3 aromatic carbocycles. The Kier molecular flexibility index (Phi) is 6.86. The minimum atomic E-state index is -4.31. The summed E-state index contributed by atoms with van der Waals surface area (Å²) in [4.78, 5) is 12.7. The lowest BCUT2D eigenvalue weighted by Gasteiger charge is -2.17. The van der Waals surface area contributed by atoms with Crippen LogP contribution in [0.25, 0.3) is 0 Å². The minimum Gasteiger partial charge on any atom is -0.294 e. The van der Waals surface area contributed by atoms with E-state index in [1.807, 2.05) is 60.7 Å². The molecule has 1 unspecified atom stereocenters. The highest BCUT2D eigenvalue weighted by Gasteiger charge is 2.29. The molecular formula is C25H23F3O. The van der Waals surface area contributed by atoms with Crippen molar-refractivity contribution in [1.29, 1.82) is 0 Å². The first-order chi connectivity index (χ1) is 13.9. The summed E-state index contributed by atoms with van der Waals surface area (Å²) in [5.41, 5.74) is 2.07. The first-order valence-corrected chi connectivity index (χ1v) is 9.73. The van der Waals surface area contributed by atoms with Gasteiger partial charge >= 0.3 is 6.18 Å². The van der Waals surface area contributed by atoms with E-state index in [1.165, 1.54) is 12.1 Å². The topological polar surface area (TPSA) is 17.1 Å². The van der Waals surface area contributed by atoms with Crippen molar-refractivity contribution in [2.24, 2.45) is 0 Å². The van der Waals surface area contributed by atoms with Crippen LogP contribution in [0.5, 0.6) is 0 Å². The monoisotopic (exact) mass is 396 g/mol. The standard InChI is InChI=1S/C25H23F3O/c26-25(27,28)23-16-14-19(15-17-23)8-7-13-22(20-9-3-1-4-10-20)18-24(29)21-11-5-2-6-12-21/h1-6,9-12,14-17,22H,7-8,13,18H2. The number of hydrogen-bond acceptors (Lipinski definition) is 1. The van der Waals surface area contributed by atoms with Crippen molar-refractivity contribution < 1.29 is 18.0 Å². The molecule has 0 saturated heterocycles. The number of hydrogen-bond donors (Lipinski definition) is 0. The van der Waals surface area contributed by atoms with Gasteiger partial charge in [0.2, 0.25) is 0 Å². The molecule has 0 heterocycles. The maximum Gasteiger partial charge on any atom is 0.416 e. The Morgan fingerprint density at radius 2 is 1.38 bits per heavy atom.